The van der Waals surface area contributed by atoms with Gasteiger partial charge in [-0.2, -0.15) is 0 Å². The molecule has 182 valence electrons. The Labute approximate surface area is 215 Å². The molecule has 1 unspecified atom stereocenters. The summed E-state index contributed by atoms with van der Waals surface area (Å²) in [6, 6.07) is 12.6. The summed E-state index contributed by atoms with van der Waals surface area (Å²) in [4.78, 5) is 33.3. The standard InChI is InChI=1S/C28H30ClN3O2S/c1-16-7-5-8-19(15-16)26-24(32-28(35-26)18-12-13-18)25(33)23(22-11-3-4-14-30-22)31-27(34)20-9-6-10-21(29)17(20)2/h5-10,15,18,22-23,30H,3-4,11-14H2,1-2H3,(H,31,34)/t22?,23-/m0/s1. The summed E-state index contributed by atoms with van der Waals surface area (Å²) in [7, 11) is 0. The number of carbonyl (C=O) groups is 2. The number of aromatic nitrogens is 1. The van der Waals surface area contributed by atoms with Crippen LogP contribution in [0, 0.1) is 13.8 Å². The first-order valence-electron chi connectivity index (χ1n) is 12.3. The monoisotopic (exact) mass is 507 g/mol. The van der Waals surface area contributed by atoms with Crippen LogP contribution < -0.4 is 10.6 Å². The number of thiazole rings is 1. The summed E-state index contributed by atoms with van der Waals surface area (Å²) in [5.41, 5.74) is 3.81. The van der Waals surface area contributed by atoms with Gasteiger partial charge in [0.15, 0.2) is 0 Å². The van der Waals surface area contributed by atoms with Gasteiger partial charge in [0, 0.05) is 22.5 Å². The second kappa shape index (κ2) is 10.2. The highest BCUT2D eigenvalue weighted by Crippen LogP contribution is 2.45. The Kier molecular flexibility index (Phi) is 7.05. The smallest absolute Gasteiger partial charge is 0.252 e. The van der Waals surface area contributed by atoms with Crippen molar-refractivity contribution in [2.75, 3.05) is 6.54 Å². The highest BCUT2D eigenvalue weighted by Gasteiger charge is 2.37. The van der Waals surface area contributed by atoms with E-state index in [4.69, 9.17) is 16.6 Å². The van der Waals surface area contributed by atoms with Crippen molar-refractivity contribution in [1.29, 1.82) is 0 Å². The minimum atomic E-state index is -0.709. The van der Waals surface area contributed by atoms with Crippen LogP contribution in [0.2, 0.25) is 5.02 Å². The van der Waals surface area contributed by atoms with E-state index in [1.807, 2.05) is 19.1 Å². The fourth-order valence-electron chi connectivity index (χ4n) is 4.72. The van der Waals surface area contributed by atoms with Gasteiger partial charge >= 0.3 is 0 Å². The largest absolute Gasteiger partial charge is 0.340 e. The van der Waals surface area contributed by atoms with Crippen molar-refractivity contribution in [2.24, 2.45) is 0 Å². The SMILES string of the molecule is Cc1cccc(-c2sc(C3CC3)nc2C(=O)[C@@H](NC(=O)c2cccc(Cl)c2C)C2CCCCN2)c1. The van der Waals surface area contributed by atoms with Crippen LogP contribution in [0.15, 0.2) is 42.5 Å². The van der Waals surface area contributed by atoms with Crippen molar-refractivity contribution in [3.63, 3.8) is 0 Å². The second-order valence-electron chi connectivity index (χ2n) is 9.66. The molecule has 0 radical (unpaired) electrons. The van der Waals surface area contributed by atoms with Gasteiger partial charge in [-0.15, -0.1) is 11.3 Å². The number of aryl methyl sites for hydroxylation is 1. The Balaban J connectivity index is 1.52. The summed E-state index contributed by atoms with van der Waals surface area (Å²) in [5, 5.41) is 8.10. The summed E-state index contributed by atoms with van der Waals surface area (Å²) in [6.45, 7) is 4.71. The number of Topliss-reactive ketones (excluding diaryl/α,β-unsaturated/α-hetero) is 1. The van der Waals surface area contributed by atoms with Gasteiger partial charge in [0.25, 0.3) is 5.91 Å². The molecule has 1 saturated carbocycles. The molecule has 5 rings (SSSR count). The number of nitrogens with zero attached hydrogens (tertiary/aromatic N) is 1. The summed E-state index contributed by atoms with van der Waals surface area (Å²) < 4.78 is 0. The van der Waals surface area contributed by atoms with Gasteiger partial charge in [0.2, 0.25) is 5.78 Å². The number of halogens is 1. The Morgan fingerprint density at radius 3 is 2.63 bits per heavy atom. The van der Waals surface area contributed by atoms with Crippen LogP contribution in [0.4, 0.5) is 0 Å². The predicted molar refractivity (Wildman–Crippen MR) is 142 cm³/mol. The number of benzene rings is 2. The molecule has 7 heteroatoms. The van der Waals surface area contributed by atoms with E-state index in [9.17, 15) is 9.59 Å². The van der Waals surface area contributed by atoms with E-state index in [1.165, 1.54) is 0 Å². The van der Waals surface area contributed by atoms with Crippen molar-refractivity contribution in [3.8, 4) is 10.4 Å². The maximum atomic E-state index is 14.2. The van der Waals surface area contributed by atoms with Gasteiger partial charge in [-0.3, -0.25) is 9.59 Å². The molecular formula is C28H30ClN3O2S. The molecule has 2 fully saturated rings. The molecule has 1 aromatic heterocycles. The fourth-order valence-corrected chi connectivity index (χ4v) is 6.13. The van der Waals surface area contributed by atoms with E-state index in [0.29, 0.717) is 27.8 Å². The number of rotatable bonds is 7. The van der Waals surface area contributed by atoms with Gasteiger partial charge in [0.1, 0.15) is 11.7 Å². The number of hydrogen-bond acceptors (Lipinski definition) is 5. The Hall–Kier alpha value is -2.54. The molecule has 2 aliphatic rings. The Bertz CT molecular complexity index is 1260. The molecule has 1 saturated heterocycles. The van der Waals surface area contributed by atoms with Crippen molar-refractivity contribution in [1.82, 2.24) is 15.6 Å². The number of piperidine rings is 1. The highest BCUT2D eigenvalue weighted by molar-refractivity contribution is 7.15. The number of nitrogens with one attached hydrogen (secondary N) is 2. The first-order chi connectivity index (χ1) is 16.9. The fraction of sp³-hybridized carbons (Fsp3) is 0.393. The van der Waals surface area contributed by atoms with Crippen LogP contribution in [-0.4, -0.2) is 35.3 Å². The van der Waals surface area contributed by atoms with Crippen molar-refractivity contribution < 1.29 is 9.59 Å². The maximum absolute atomic E-state index is 14.2. The van der Waals surface area contributed by atoms with Crippen LogP contribution in [0.5, 0.6) is 0 Å². The van der Waals surface area contributed by atoms with E-state index in [1.54, 1.807) is 29.5 Å². The number of ketones is 1. The van der Waals surface area contributed by atoms with Crippen LogP contribution in [0.25, 0.3) is 10.4 Å². The third-order valence-corrected chi connectivity index (χ3v) is 8.59. The topological polar surface area (TPSA) is 71.1 Å². The lowest BCUT2D eigenvalue weighted by molar-refractivity contribution is 0.0822. The van der Waals surface area contributed by atoms with E-state index >= 15 is 0 Å². The average molecular weight is 508 g/mol. The van der Waals surface area contributed by atoms with Gasteiger partial charge in [-0.25, -0.2) is 4.98 Å². The molecule has 1 aliphatic carbocycles. The number of amides is 1. The molecule has 2 N–H and O–H groups in total. The van der Waals surface area contributed by atoms with Crippen LogP contribution in [0.1, 0.15) is 75.0 Å². The third-order valence-electron chi connectivity index (χ3n) is 6.92. The quantitative estimate of drug-likeness (QED) is 0.380. The van der Waals surface area contributed by atoms with Gasteiger partial charge in [-0.1, -0.05) is 53.9 Å². The summed E-state index contributed by atoms with van der Waals surface area (Å²) in [5.74, 6) is 0.0302. The van der Waals surface area contributed by atoms with E-state index in [-0.39, 0.29) is 17.7 Å². The molecule has 2 atom stereocenters. The van der Waals surface area contributed by atoms with E-state index in [2.05, 4.69) is 29.7 Å². The maximum Gasteiger partial charge on any atom is 0.252 e. The van der Waals surface area contributed by atoms with Crippen LogP contribution in [0.3, 0.4) is 0 Å². The van der Waals surface area contributed by atoms with Gasteiger partial charge in [-0.05, 0) is 69.3 Å². The van der Waals surface area contributed by atoms with Crippen LogP contribution in [-0.2, 0) is 0 Å². The normalized spacial score (nSPS) is 18.8. The summed E-state index contributed by atoms with van der Waals surface area (Å²) >= 11 is 7.89. The third kappa shape index (κ3) is 5.20. The van der Waals surface area contributed by atoms with Gasteiger partial charge in [0.05, 0.1) is 9.88 Å². The lowest BCUT2D eigenvalue weighted by atomic mass is 9.92. The van der Waals surface area contributed by atoms with E-state index < -0.39 is 6.04 Å². The number of hydrogen-bond donors (Lipinski definition) is 2. The molecule has 3 aromatic rings. The zero-order chi connectivity index (χ0) is 24.5. The molecule has 0 spiro atoms. The minimum Gasteiger partial charge on any atom is -0.340 e. The van der Waals surface area contributed by atoms with E-state index in [0.717, 1.165) is 59.7 Å². The molecule has 35 heavy (non-hydrogen) atoms. The van der Waals surface area contributed by atoms with Crippen molar-refractivity contribution in [2.45, 2.75) is 64.0 Å². The Morgan fingerprint density at radius 1 is 1.11 bits per heavy atom. The lowest BCUT2D eigenvalue weighted by Crippen LogP contribution is -2.55. The zero-order valence-electron chi connectivity index (χ0n) is 20.1. The zero-order valence-corrected chi connectivity index (χ0v) is 21.6. The first kappa shape index (κ1) is 24.2. The summed E-state index contributed by atoms with van der Waals surface area (Å²) in [6.07, 6.45) is 5.14. The molecule has 5 nitrogen and oxygen atoms in total. The molecule has 1 amide bonds. The van der Waals surface area contributed by atoms with Crippen LogP contribution >= 0.6 is 22.9 Å². The highest BCUT2D eigenvalue weighted by atomic mass is 35.5. The molecule has 1 aliphatic heterocycles. The van der Waals surface area contributed by atoms with Crippen molar-refractivity contribution in [3.05, 3.63) is 74.9 Å². The van der Waals surface area contributed by atoms with Crippen molar-refractivity contribution >= 4 is 34.6 Å². The molecular weight excluding hydrogens is 478 g/mol. The lowest BCUT2D eigenvalue weighted by Gasteiger charge is -2.31. The molecule has 0 bridgehead atoms. The Morgan fingerprint density at radius 2 is 1.91 bits per heavy atom. The average Bonchev–Trinajstić information content (AvgIpc) is 3.62. The molecule has 2 heterocycles. The minimum absolute atomic E-state index is 0.128. The molecule has 2 aromatic carbocycles. The predicted octanol–water partition coefficient (Wildman–Crippen LogP) is 6.08. The second-order valence-corrected chi connectivity index (χ2v) is 11.1. The van der Waals surface area contributed by atoms with Gasteiger partial charge < -0.3 is 10.6 Å². The number of carbonyl (C=O) groups excluding carboxylic acids is 2. The first-order valence-corrected chi connectivity index (χ1v) is 13.5.